The zero-order valence-electron chi connectivity index (χ0n) is 10.7. The van der Waals surface area contributed by atoms with E-state index in [-0.39, 0.29) is 0 Å². The van der Waals surface area contributed by atoms with Crippen molar-refractivity contribution < 1.29 is 4.74 Å². The first-order valence-electron chi connectivity index (χ1n) is 6.43. The van der Waals surface area contributed by atoms with Gasteiger partial charge in [-0.15, -0.1) is 0 Å². The maximum absolute atomic E-state index is 8.49. The molecule has 2 aromatic rings. The topological polar surface area (TPSA) is 33.0 Å². The molecule has 0 aliphatic rings. The maximum atomic E-state index is 8.49. The molecule has 0 spiro atoms. The Bertz CT molecular complexity index is 589. The zero-order chi connectivity index (χ0) is 13.5. The van der Waals surface area contributed by atoms with Crippen molar-refractivity contribution in [3.05, 3.63) is 42.0 Å². The first-order valence-corrected chi connectivity index (χ1v) is 7.55. The van der Waals surface area contributed by atoms with E-state index in [1.165, 1.54) is 16.3 Å². The lowest BCUT2D eigenvalue weighted by molar-refractivity contribution is 0.306. The molecular formula is C16H16BrNO. The van der Waals surface area contributed by atoms with Crippen molar-refractivity contribution in [1.29, 1.82) is 5.26 Å². The van der Waals surface area contributed by atoms with Gasteiger partial charge in [0.2, 0.25) is 0 Å². The number of fused-ring (bicyclic) bond motifs is 1. The van der Waals surface area contributed by atoms with E-state index in [9.17, 15) is 0 Å². The average molecular weight is 318 g/mol. The molecule has 0 unspecified atom stereocenters. The third-order valence-corrected chi connectivity index (χ3v) is 3.63. The standard InChI is InChI=1S/C16H16BrNO/c17-12-15-14-7-3-2-6-13(14)8-9-16(15)19-11-5-1-4-10-18/h2-3,6-9H,1,4-5,11-12H2. The summed E-state index contributed by atoms with van der Waals surface area (Å²) >= 11 is 3.54. The van der Waals surface area contributed by atoms with Gasteiger partial charge in [-0.05, 0) is 29.7 Å². The fraction of sp³-hybridized carbons (Fsp3) is 0.312. The molecule has 0 radical (unpaired) electrons. The Morgan fingerprint density at radius 3 is 2.74 bits per heavy atom. The van der Waals surface area contributed by atoms with Crippen molar-refractivity contribution in [2.24, 2.45) is 0 Å². The summed E-state index contributed by atoms with van der Waals surface area (Å²) in [7, 11) is 0. The lowest BCUT2D eigenvalue weighted by Crippen LogP contribution is -2.00. The molecule has 0 aromatic heterocycles. The van der Waals surface area contributed by atoms with Crippen molar-refractivity contribution >= 4 is 26.7 Å². The van der Waals surface area contributed by atoms with Gasteiger partial charge >= 0.3 is 0 Å². The number of alkyl halides is 1. The molecule has 0 fully saturated rings. The van der Waals surface area contributed by atoms with Crippen molar-refractivity contribution in [1.82, 2.24) is 0 Å². The second kappa shape index (κ2) is 7.16. The number of halogens is 1. The molecule has 98 valence electrons. The second-order valence-electron chi connectivity index (χ2n) is 4.36. The van der Waals surface area contributed by atoms with Crippen molar-refractivity contribution in [3.63, 3.8) is 0 Å². The minimum absolute atomic E-state index is 0.604. The van der Waals surface area contributed by atoms with Gasteiger partial charge in [-0.1, -0.05) is 46.3 Å². The molecule has 2 nitrogen and oxygen atoms in total. The van der Waals surface area contributed by atoms with Crippen LogP contribution in [0.1, 0.15) is 24.8 Å². The van der Waals surface area contributed by atoms with Crippen LogP contribution in [-0.4, -0.2) is 6.61 Å². The minimum atomic E-state index is 0.604. The highest BCUT2D eigenvalue weighted by Crippen LogP contribution is 2.30. The molecule has 0 saturated heterocycles. The Kier molecular flexibility index (Phi) is 5.23. The summed E-state index contributed by atoms with van der Waals surface area (Å²) in [5.41, 5.74) is 1.19. The molecule has 0 bridgehead atoms. The Labute approximate surface area is 122 Å². The van der Waals surface area contributed by atoms with E-state index in [4.69, 9.17) is 10.00 Å². The van der Waals surface area contributed by atoms with Crippen LogP contribution in [0.5, 0.6) is 5.75 Å². The van der Waals surface area contributed by atoms with Crippen LogP contribution >= 0.6 is 15.9 Å². The number of benzene rings is 2. The molecule has 2 rings (SSSR count). The van der Waals surface area contributed by atoms with Crippen LogP contribution in [0, 0.1) is 11.3 Å². The molecule has 2 aromatic carbocycles. The van der Waals surface area contributed by atoms with Gasteiger partial charge in [-0.2, -0.15) is 5.26 Å². The minimum Gasteiger partial charge on any atom is -0.493 e. The van der Waals surface area contributed by atoms with E-state index in [2.05, 4.69) is 40.2 Å². The highest BCUT2D eigenvalue weighted by atomic mass is 79.9. The highest BCUT2D eigenvalue weighted by Gasteiger charge is 2.07. The van der Waals surface area contributed by atoms with E-state index in [1.54, 1.807) is 0 Å². The summed E-state index contributed by atoms with van der Waals surface area (Å²) in [5.74, 6) is 0.938. The second-order valence-corrected chi connectivity index (χ2v) is 4.92. The average Bonchev–Trinajstić information content (AvgIpc) is 2.46. The fourth-order valence-electron chi connectivity index (χ4n) is 2.08. The summed E-state index contributed by atoms with van der Waals surface area (Å²) in [6, 6.07) is 14.6. The molecule has 0 atom stereocenters. The van der Waals surface area contributed by atoms with Gasteiger partial charge in [0, 0.05) is 17.3 Å². The van der Waals surface area contributed by atoms with Crippen LogP contribution < -0.4 is 4.74 Å². The van der Waals surface area contributed by atoms with Crippen LogP contribution in [0.15, 0.2) is 36.4 Å². The number of ether oxygens (including phenoxy) is 1. The van der Waals surface area contributed by atoms with Gasteiger partial charge < -0.3 is 4.74 Å². The van der Waals surface area contributed by atoms with E-state index < -0.39 is 0 Å². The van der Waals surface area contributed by atoms with Gasteiger partial charge in [0.15, 0.2) is 0 Å². The van der Waals surface area contributed by atoms with Gasteiger partial charge in [0.05, 0.1) is 12.7 Å². The lowest BCUT2D eigenvalue weighted by atomic mass is 10.0. The number of hydrogen-bond donors (Lipinski definition) is 0. The molecule has 19 heavy (non-hydrogen) atoms. The number of hydrogen-bond acceptors (Lipinski definition) is 2. The monoisotopic (exact) mass is 317 g/mol. The van der Waals surface area contributed by atoms with Gasteiger partial charge in [0.1, 0.15) is 5.75 Å². The molecule has 0 heterocycles. The summed E-state index contributed by atoms with van der Waals surface area (Å²) in [6.07, 6.45) is 2.42. The quantitative estimate of drug-likeness (QED) is 0.566. The van der Waals surface area contributed by atoms with Crippen LogP contribution in [0.25, 0.3) is 10.8 Å². The number of unbranched alkanes of at least 4 members (excludes halogenated alkanes) is 2. The molecule has 0 aliphatic heterocycles. The molecular weight excluding hydrogens is 302 g/mol. The molecule has 0 aliphatic carbocycles. The number of nitriles is 1. The Morgan fingerprint density at radius 1 is 1.11 bits per heavy atom. The van der Waals surface area contributed by atoms with E-state index in [0.29, 0.717) is 13.0 Å². The summed E-state index contributed by atoms with van der Waals surface area (Å²) < 4.78 is 5.84. The summed E-state index contributed by atoms with van der Waals surface area (Å²) in [6.45, 7) is 0.667. The van der Waals surface area contributed by atoms with Crippen molar-refractivity contribution in [3.8, 4) is 11.8 Å². The smallest absolute Gasteiger partial charge is 0.123 e. The highest BCUT2D eigenvalue weighted by molar-refractivity contribution is 9.08. The van der Waals surface area contributed by atoms with Crippen LogP contribution in [0.3, 0.4) is 0 Å². The number of nitrogens with zero attached hydrogens (tertiary/aromatic N) is 1. The molecule has 0 N–H and O–H groups in total. The van der Waals surface area contributed by atoms with Crippen molar-refractivity contribution in [2.75, 3.05) is 6.61 Å². The number of rotatable bonds is 6. The SMILES string of the molecule is N#CCCCCOc1ccc2ccccc2c1CBr. The predicted octanol–water partition coefficient (Wildman–Crippen LogP) is 4.81. The van der Waals surface area contributed by atoms with Crippen LogP contribution in [0.2, 0.25) is 0 Å². The molecule has 0 saturated carbocycles. The van der Waals surface area contributed by atoms with Crippen LogP contribution in [-0.2, 0) is 5.33 Å². The van der Waals surface area contributed by atoms with E-state index in [1.807, 2.05) is 18.2 Å². The zero-order valence-corrected chi connectivity index (χ0v) is 12.3. The van der Waals surface area contributed by atoms with Crippen molar-refractivity contribution in [2.45, 2.75) is 24.6 Å². The van der Waals surface area contributed by atoms with E-state index in [0.717, 1.165) is 23.9 Å². The molecule has 3 heteroatoms. The van der Waals surface area contributed by atoms with Crippen LogP contribution in [0.4, 0.5) is 0 Å². The van der Waals surface area contributed by atoms with Gasteiger partial charge in [0.25, 0.3) is 0 Å². The van der Waals surface area contributed by atoms with Gasteiger partial charge in [-0.25, -0.2) is 0 Å². The Hall–Kier alpha value is -1.53. The predicted molar refractivity (Wildman–Crippen MR) is 81.5 cm³/mol. The third-order valence-electron chi connectivity index (χ3n) is 3.07. The first-order chi connectivity index (χ1) is 9.36. The first kappa shape index (κ1) is 13.9. The maximum Gasteiger partial charge on any atom is 0.123 e. The Morgan fingerprint density at radius 2 is 1.95 bits per heavy atom. The largest absolute Gasteiger partial charge is 0.493 e. The summed E-state index contributed by atoms with van der Waals surface area (Å²) in [5, 5.41) is 11.7. The normalized spacial score (nSPS) is 10.3. The van der Waals surface area contributed by atoms with Gasteiger partial charge in [-0.3, -0.25) is 0 Å². The lowest BCUT2D eigenvalue weighted by Gasteiger charge is -2.12. The molecule has 0 amide bonds. The third kappa shape index (κ3) is 3.48. The summed E-state index contributed by atoms with van der Waals surface area (Å²) in [4.78, 5) is 0. The Balaban J connectivity index is 2.12. The fourth-order valence-corrected chi connectivity index (χ4v) is 2.66. The van der Waals surface area contributed by atoms with E-state index >= 15 is 0 Å².